The average Bonchev–Trinajstić information content (AvgIpc) is 2.38. The van der Waals surface area contributed by atoms with Crippen LogP contribution in [-0.2, 0) is 13.2 Å². The van der Waals surface area contributed by atoms with Crippen molar-refractivity contribution in [3.05, 3.63) is 64.4 Å². The van der Waals surface area contributed by atoms with Crippen molar-refractivity contribution in [2.24, 2.45) is 5.73 Å². The monoisotopic (exact) mass is 265 g/mol. The van der Waals surface area contributed by atoms with E-state index in [-0.39, 0.29) is 12.4 Å². The van der Waals surface area contributed by atoms with Crippen molar-refractivity contribution in [1.82, 2.24) is 0 Å². The molecular formula is C14H13ClFNO. The average molecular weight is 266 g/mol. The van der Waals surface area contributed by atoms with Gasteiger partial charge in [0.1, 0.15) is 18.2 Å². The van der Waals surface area contributed by atoms with Crippen LogP contribution >= 0.6 is 11.6 Å². The van der Waals surface area contributed by atoms with E-state index in [0.717, 1.165) is 5.56 Å². The second kappa shape index (κ2) is 5.85. The zero-order chi connectivity index (χ0) is 13.0. The topological polar surface area (TPSA) is 35.2 Å². The van der Waals surface area contributed by atoms with Crippen molar-refractivity contribution in [1.29, 1.82) is 0 Å². The molecule has 18 heavy (non-hydrogen) atoms. The largest absolute Gasteiger partial charge is 0.488 e. The Balaban J connectivity index is 2.15. The lowest BCUT2D eigenvalue weighted by molar-refractivity contribution is 0.297. The minimum Gasteiger partial charge on any atom is -0.488 e. The standard InChI is InChI=1S/C14H13ClFNO/c15-12-6-5-10(8-17)14(7-12)18-9-11-3-1-2-4-13(11)16/h1-7H,8-9,17H2. The Morgan fingerprint density at radius 3 is 2.61 bits per heavy atom. The van der Waals surface area contributed by atoms with Gasteiger partial charge in [0.25, 0.3) is 0 Å². The summed E-state index contributed by atoms with van der Waals surface area (Å²) in [5.74, 6) is 0.307. The summed E-state index contributed by atoms with van der Waals surface area (Å²) in [5, 5.41) is 0.565. The van der Waals surface area contributed by atoms with E-state index in [1.165, 1.54) is 6.07 Å². The Bertz CT molecular complexity index is 545. The first-order valence-electron chi connectivity index (χ1n) is 5.55. The molecule has 94 valence electrons. The van der Waals surface area contributed by atoms with Crippen LogP contribution in [0.3, 0.4) is 0 Å². The first kappa shape index (κ1) is 12.9. The van der Waals surface area contributed by atoms with Crippen LogP contribution in [0.25, 0.3) is 0 Å². The fraction of sp³-hybridized carbons (Fsp3) is 0.143. The zero-order valence-electron chi connectivity index (χ0n) is 9.70. The van der Waals surface area contributed by atoms with Gasteiger partial charge in [0.05, 0.1) is 0 Å². The number of hydrogen-bond acceptors (Lipinski definition) is 2. The van der Waals surface area contributed by atoms with Gasteiger partial charge in [-0.15, -0.1) is 0 Å². The summed E-state index contributed by atoms with van der Waals surface area (Å²) < 4.78 is 19.0. The number of ether oxygens (including phenoxy) is 1. The minimum absolute atomic E-state index is 0.153. The SMILES string of the molecule is NCc1ccc(Cl)cc1OCc1ccccc1F. The van der Waals surface area contributed by atoms with Gasteiger partial charge >= 0.3 is 0 Å². The summed E-state index contributed by atoms with van der Waals surface area (Å²) >= 11 is 5.89. The molecule has 0 fully saturated rings. The summed E-state index contributed by atoms with van der Waals surface area (Å²) in [6.45, 7) is 0.504. The number of benzene rings is 2. The van der Waals surface area contributed by atoms with Gasteiger partial charge in [-0.3, -0.25) is 0 Å². The van der Waals surface area contributed by atoms with E-state index in [0.29, 0.717) is 22.9 Å². The van der Waals surface area contributed by atoms with Gasteiger partial charge in [0.15, 0.2) is 0 Å². The lowest BCUT2D eigenvalue weighted by Crippen LogP contribution is -2.03. The fourth-order valence-electron chi connectivity index (χ4n) is 1.60. The zero-order valence-corrected chi connectivity index (χ0v) is 10.5. The van der Waals surface area contributed by atoms with E-state index >= 15 is 0 Å². The molecule has 2 nitrogen and oxygen atoms in total. The molecule has 0 aliphatic heterocycles. The molecule has 0 bridgehead atoms. The molecule has 0 saturated heterocycles. The molecule has 2 aromatic carbocycles. The minimum atomic E-state index is -0.283. The van der Waals surface area contributed by atoms with E-state index in [1.807, 2.05) is 0 Å². The highest BCUT2D eigenvalue weighted by atomic mass is 35.5. The smallest absolute Gasteiger partial charge is 0.129 e. The number of rotatable bonds is 4. The van der Waals surface area contributed by atoms with Crippen LogP contribution in [0.2, 0.25) is 5.02 Å². The van der Waals surface area contributed by atoms with Gasteiger partial charge in [-0.05, 0) is 18.2 Å². The van der Waals surface area contributed by atoms with Crippen molar-refractivity contribution < 1.29 is 9.13 Å². The van der Waals surface area contributed by atoms with Crippen LogP contribution < -0.4 is 10.5 Å². The van der Waals surface area contributed by atoms with Gasteiger partial charge in [0.2, 0.25) is 0 Å². The van der Waals surface area contributed by atoms with Crippen molar-refractivity contribution in [3.63, 3.8) is 0 Å². The van der Waals surface area contributed by atoms with Gasteiger partial charge in [-0.2, -0.15) is 0 Å². The second-order valence-corrected chi connectivity index (χ2v) is 4.27. The van der Waals surface area contributed by atoms with Crippen LogP contribution in [0.15, 0.2) is 42.5 Å². The molecule has 0 radical (unpaired) electrons. The third-order valence-electron chi connectivity index (χ3n) is 2.59. The summed E-state index contributed by atoms with van der Waals surface area (Å²) in [4.78, 5) is 0. The number of nitrogens with two attached hydrogens (primary N) is 1. The first-order valence-corrected chi connectivity index (χ1v) is 5.93. The van der Waals surface area contributed by atoms with Crippen LogP contribution in [0.1, 0.15) is 11.1 Å². The third-order valence-corrected chi connectivity index (χ3v) is 2.83. The molecule has 0 heterocycles. The van der Waals surface area contributed by atoms with Crippen LogP contribution in [0.4, 0.5) is 4.39 Å². The lowest BCUT2D eigenvalue weighted by Gasteiger charge is -2.11. The van der Waals surface area contributed by atoms with Crippen molar-refractivity contribution in [2.45, 2.75) is 13.2 Å². The van der Waals surface area contributed by atoms with Crippen LogP contribution in [0.5, 0.6) is 5.75 Å². The molecule has 0 unspecified atom stereocenters. The molecule has 0 aliphatic rings. The quantitative estimate of drug-likeness (QED) is 0.918. The van der Waals surface area contributed by atoms with Crippen LogP contribution in [-0.4, -0.2) is 0 Å². The van der Waals surface area contributed by atoms with Gasteiger partial charge in [0, 0.05) is 22.7 Å². The van der Waals surface area contributed by atoms with Gasteiger partial charge in [-0.1, -0.05) is 35.9 Å². The predicted molar refractivity (Wildman–Crippen MR) is 70.1 cm³/mol. The van der Waals surface area contributed by atoms with E-state index < -0.39 is 0 Å². The van der Waals surface area contributed by atoms with E-state index in [1.54, 1.807) is 36.4 Å². The number of halogens is 2. The van der Waals surface area contributed by atoms with E-state index in [2.05, 4.69) is 0 Å². The summed E-state index contributed by atoms with van der Waals surface area (Å²) in [5.41, 5.74) is 6.95. The maximum atomic E-state index is 13.4. The molecule has 0 atom stereocenters. The summed E-state index contributed by atoms with van der Waals surface area (Å²) in [6.07, 6.45) is 0. The Morgan fingerprint density at radius 2 is 1.89 bits per heavy atom. The molecular weight excluding hydrogens is 253 g/mol. The van der Waals surface area contributed by atoms with Crippen molar-refractivity contribution in [2.75, 3.05) is 0 Å². The van der Waals surface area contributed by atoms with Gasteiger partial charge < -0.3 is 10.5 Å². The Morgan fingerprint density at radius 1 is 1.11 bits per heavy atom. The van der Waals surface area contributed by atoms with Crippen molar-refractivity contribution in [3.8, 4) is 5.75 Å². The molecule has 0 saturated carbocycles. The Kier molecular flexibility index (Phi) is 4.18. The molecule has 0 aromatic heterocycles. The maximum absolute atomic E-state index is 13.4. The molecule has 2 N–H and O–H groups in total. The van der Waals surface area contributed by atoms with Crippen molar-refractivity contribution >= 4 is 11.6 Å². The highest BCUT2D eigenvalue weighted by molar-refractivity contribution is 6.30. The first-order chi connectivity index (χ1) is 8.70. The summed E-state index contributed by atoms with van der Waals surface area (Å²) in [7, 11) is 0. The highest BCUT2D eigenvalue weighted by Gasteiger charge is 2.06. The maximum Gasteiger partial charge on any atom is 0.129 e. The third kappa shape index (κ3) is 3.00. The second-order valence-electron chi connectivity index (χ2n) is 3.84. The summed E-state index contributed by atoms with van der Waals surface area (Å²) in [6, 6.07) is 11.7. The Hall–Kier alpha value is -1.58. The van der Waals surface area contributed by atoms with E-state index in [4.69, 9.17) is 22.1 Å². The molecule has 2 aromatic rings. The molecule has 0 amide bonds. The highest BCUT2D eigenvalue weighted by Crippen LogP contribution is 2.24. The normalized spacial score (nSPS) is 10.4. The molecule has 0 spiro atoms. The molecule has 2 rings (SSSR count). The molecule has 0 aliphatic carbocycles. The lowest BCUT2D eigenvalue weighted by atomic mass is 10.2. The molecule has 4 heteroatoms. The van der Waals surface area contributed by atoms with E-state index in [9.17, 15) is 4.39 Å². The number of hydrogen-bond donors (Lipinski definition) is 1. The fourth-order valence-corrected chi connectivity index (χ4v) is 1.76. The predicted octanol–water partition coefficient (Wildman–Crippen LogP) is 3.52. The Labute approximate surface area is 110 Å². The van der Waals surface area contributed by atoms with Gasteiger partial charge in [-0.25, -0.2) is 4.39 Å². The van der Waals surface area contributed by atoms with Crippen LogP contribution in [0, 0.1) is 5.82 Å².